The Balaban J connectivity index is 0. The van der Waals surface area contributed by atoms with Crippen molar-refractivity contribution in [2.75, 3.05) is 6.61 Å². The molecule has 0 aromatic heterocycles. The van der Waals surface area contributed by atoms with Gasteiger partial charge in [-0.15, -0.1) is 0 Å². The van der Waals surface area contributed by atoms with Crippen molar-refractivity contribution in [3.05, 3.63) is 0 Å². The molecule has 0 fully saturated rings. The molecule has 0 heterocycles. The minimum atomic E-state index is -1.93. The van der Waals surface area contributed by atoms with Gasteiger partial charge in [-0.25, -0.2) is 4.79 Å². The Bertz CT molecular complexity index is 258. The number of carbonyl (C=O) groups is 2. The number of quaternary nitrogens is 1. The van der Waals surface area contributed by atoms with Crippen LogP contribution in [-0.2, 0) is 9.59 Å². The van der Waals surface area contributed by atoms with E-state index in [1.165, 1.54) is 0 Å². The van der Waals surface area contributed by atoms with E-state index < -0.39 is 49.2 Å². The number of carboxylic acids is 1. The fourth-order valence-electron chi connectivity index (χ4n) is 0.961. The lowest BCUT2D eigenvalue weighted by Gasteiger charge is -2.24. The third-order valence-electron chi connectivity index (χ3n) is 1.96. The lowest BCUT2D eigenvalue weighted by Crippen LogP contribution is -2.46. The molecule has 0 unspecified atom stereocenters. The van der Waals surface area contributed by atoms with Crippen molar-refractivity contribution >= 4 is 11.8 Å². The van der Waals surface area contributed by atoms with E-state index in [4.69, 9.17) is 25.5 Å². The normalized spacial score (nSPS) is 17.5. The molecule has 0 bridgehead atoms. The van der Waals surface area contributed by atoms with E-state index in [2.05, 4.69) is 0 Å². The fraction of sp³-hybridized carbons (Fsp3) is 0.750. The minimum Gasteiger partial charge on any atom is -0.475 e. The first-order valence-electron chi connectivity index (χ1n) is 4.40. The van der Waals surface area contributed by atoms with E-state index in [0.29, 0.717) is 0 Å². The monoisotopic (exact) mass is 256 g/mol. The summed E-state index contributed by atoms with van der Waals surface area (Å²) in [4.78, 5) is 20.8. The molecule has 10 N–H and O–H groups in total. The Kier molecular flexibility index (Phi) is 8.66. The summed E-state index contributed by atoms with van der Waals surface area (Å²) >= 11 is 0. The van der Waals surface area contributed by atoms with Crippen LogP contribution in [-0.4, -0.2) is 73.4 Å². The molecule has 0 amide bonds. The third kappa shape index (κ3) is 5.68. The zero-order valence-electron chi connectivity index (χ0n) is 9.22. The SMILES string of the molecule is O=C(O)C(=O)C[C@@H](O)[C@@H](O)[C@H](O)[C@H](O)CO.[NH4+]. The van der Waals surface area contributed by atoms with Gasteiger partial charge in [-0.3, -0.25) is 4.79 Å². The number of hydrogen-bond donors (Lipinski definition) is 7. The van der Waals surface area contributed by atoms with Gasteiger partial charge >= 0.3 is 5.97 Å². The molecule has 0 aliphatic heterocycles. The zero-order chi connectivity index (χ0) is 12.9. The summed E-state index contributed by atoms with van der Waals surface area (Å²) in [6.07, 6.45) is -8.22. The van der Waals surface area contributed by atoms with Gasteiger partial charge in [-0.05, 0) is 0 Å². The number of rotatable bonds is 7. The average molecular weight is 256 g/mol. The number of aliphatic hydroxyl groups is 5. The number of carbonyl (C=O) groups excluding carboxylic acids is 1. The summed E-state index contributed by atoms with van der Waals surface area (Å²) in [7, 11) is 0. The Morgan fingerprint density at radius 1 is 0.941 bits per heavy atom. The Labute approximate surface area is 96.5 Å². The molecule has 17 heavy (non-hydrogen) atoms. The number of hydrogen-bond acceptors (Lipinski definition) is 7. The van der Waals surface area contributed by atoms with Crippen LogP contribution in [0.15, 0.2) is 0 Å². The maximum atomic E-state index is 10.7. The average Bonchev–Trinajstić information content (AvgIpc) is 2.25. The third-order valence-corrected chi connectivity index (χ3v) is 1.96. The topological polar surface area (TPSA) is 192 Å². The molecular weight excluding hydrogens is 238 g/mol. The predicted molar refractivity (Wildman–Crippen MR) is 54.4 cm³/mol. The van der Waals surface area contributed by atoms with Crippen molar-refractivity contribution in [3.63, 3.8) is 0 Å². The predicted octanol–water partition coefficient (Wildman–Crippen LogP) is -3.16. The fourth-order valence-corrected chi connectivity index (χ4v) is 0.961. The standard InChI is InChI=1S/C8H14O8.H3N/c9-2-5(12)7(14)6(13)3(10)1-4(11)8(15)16;/h3,5-7,9-10,12-14H,1-2H2,(H,15,16);1H3/p+1/t3-,5-,6-,7-;/m1./s1. The Morgan fingerprint density at radius 2 is 1.35 bits per heavy atom. The van der Waals surface area contributed by atoms with Gasteiger partial charge in [-0.2, -0.15) is 0 Å². The summed E-state index contributed by atoms with van der Waals surface area (Å²) in [6.45, 7) is -0.849. The molecule has 0 aliphatic rings. The molecule has 0 aromatic carbocycles. The summed E-state index contributed by atoms with van der Waals surface area (Å²) < 4.78 is 0. The molecule has 0 saturated carbocycles. The highest BCUT2D eigenvalue weighted by Crippen LogP contribution is 2.08. The molecule has 4 atom stereocenters. The highest BCUT2D eigenvalue weighted by atomic mass is 16.4. The number of Topliss-reactive ketones (excluding diaryl/α,β-unsaturated/α-hetero) is 1. The van der Waals surface area contributed by atoms with Gasteiger partial charge in [0, 0.05) is 6.42 Å². The second-order valence-corrected chi connectivity index (χ2v) is 3.23. The zero-order valence-corrected chi connectivity index (χ0v) is 9.22. The van der Waals surface area contributed by atoms with Gasteiger partial charge in [0.25, 0.3) is 0 Å². The van der Waals surface area contributed by atoms with Crippen molar-refractivity contribution in [2.24, 2.45) is 0 Å². The quantitative estimate of drug-likeness (QED) is 0.232. The van der Waals surface area contributed by atoms with Gasteiger partial charge in [0.2, 0.25) is 5.78 Å². The number of aliphatic carboxylic acids is 1. The second kappa shape index (κ2) is 8.06. The summed E-state index contributed by atoms with van der Waals surface area (Å²) in [6, 6.07) is 0. The van der Waals surface area contributed by atoms with Gasteiger partial charge in [0.1, 0.15) is 18.3 Å². The molecule has 0 aromatic rings. The van der Waals surface area contributed by atoms with Crippen LogP contribution >= 0.6 is 0 Å². The van der Waals surface area contributed by atoms with Crippen LogP contribution in [0.5, 0.6) is 0 Å². The van der Waals surface area contributed by atoms with E-state index in [-0.39, 0.29) is 6.15 Å². The van der Waals surface area contributed by atoms with Gasteiger partial charge in [0.05, 0.1) is 12.7 Å². The van der Waals surface area contributed by atoms with Crippen molar-refractivity contribution in [1.29, 1.82) is 0 Å². The van der Waals surface area contributed by atoms with Crippen molar-refractivity contribution in [1.82, 2.24) is 6.15 Å². The highest BCUT2D eigenvalue weighted by molar-refractivity contribution is 6.32. The number of ketones is 1. The van der Waals surface area contributed by atoms with Crippen molar-refractivity contribution in [3.8, 4) is 0 Å². The summed E-state index contributed by atoms with van der Waals surface area (Å²) in [5.74, 6) is -3.11. The van der Waals surface area contributed by atoms with Crippen LogP contribution in [0.2, 0.25) is 0 Å². The highest BCUT2D eigenvalue weighted by Gasteiger charge is 2.32. The summed E-state index contributed by atoms with van der Waals surface area (Å²) in [5, 5.41) is 53.1. The Morgan fingerprint density at radius 3 is 1.71 bits per heavy atom. The van der Waals surface area contributed by atoms with Gasteiger partial charge < -0.3 is 36.8 Å². The molecule has 102 valence electrons. The van der Waals surface area contributed by atoms with E-state index in [9.17, 15) is 14.7 Å². The molecule has 9 heteroatoms. The molecule has 0 saturated heterocycles. The lowest BCUT2D eigenvalue weighted by atomic mass is 9.99. The molecule has 0 aliphatic carbocycles. The van der Waals surface area contributed by atoms with E-state index in [1.807, 2.05) is 0 Å². The second-order valence-electron chi connectivity index (χ2n) is 3.23. The first kappa shape index (κ1) is 18.3. The maximum absolute atomic E-state index is 10.7. The molecular formula is C8H18NO8+. The first-order chi connectivity index (χ1) is 7.31. The maximum Gasteiger partial charge on any atom is 0.372 e. The lowest BCUT2D eigenvalue weighted by molar-refractivity contribution is -0.153. The van der Waals surface area contributed by atoms with Gasteiger partial charge in [0.15, 0.2) is 0 Å². The Hall–Kier alpha value is -1.10. The molecule has 9 nitrogen and oxygen atoms in total. The van der Waals surface area contributed by atoms with Crippen LogP contribution in [0.3, 0.4) is 0 Å². The number of carboxylic acid groups (broad SMARTS) is 1. The van der Waals surface area contributed by atoms with Crippen LogP contribution in [0.25, 0.3) is 0 Å². The van der Waals surface area contributed by atoms with E-state index in [1.54, 1.807) is 0 Å². The first-order valence-corrected chi connectivity index (χ1v) is 4.40. The summed E-state index contributed by atoms with van der Waals surface area (Å²) in [5.41, 5.74) is 0. The van der Waals surface area contributed by atoms with E-state index >= 15 is 0 Å². The largest absolute Gasteiger partial charge is 0.475 e. The van der Waals surface area contributed by atoms with Crippen LogP contribution in [0.4, 0.5) is 0 Å². The molecule has 0 spiro atoms. The molecule has 0 rings (SSSR count). The smallest absolute Gasteiger partial charge is 0.372 e. The number of aliphatic hydroxyl groups excluding tert-OH is 5. The molecule has 0 radical (unpaired) electrons. The van der Waals surface area contributed by atoms with Crippen LogP contribution in [0.1, 0.15) is 6.42 Å². The van der Waals surface area contributed by atoms with Gasteiger partial charge in [-0.1, -0.05) is 0 Å². The van der Waals surface area contributed by atoms with Crippen LogP contribution < -0.4 is 6.15 Å². The van der Waals surface area contributed by atoms with Crippen molar-refractivity contribution in [2.45, 2.75) is 30.8 Å². The minimum absolute atomic E-state index is 0. The van der Waals surface area contributed by atoms with Crippen LogP contribution in [0, 0.1) is 0 Å². The van der Waals surface area contributed by atoms with E-state index in [0.717, 1.165) is 0 Å². The van der Waals surface area contributed by atoms with Crippen molar-refractivity contribution < 1.29 is 40.2 Å².